The fraction of sp³-hybridized carbons (Fsp3) is 0.562. The van der Waals surface area contributed by atoms with Crippen LogP contribution in [-0.4, -0.2) is 42.3 Å². The van der Waals surface area contributed by atoms with Crippen LogP contribution in [0.5, 0.6) is 0 Å². The van der Waals surface area contributed by atoms with Gasteiger partial charge in [0.15, 0.2) is 0 Å². The van der Waals surface area contributed by atoms with Crippen LogP contribution < -0.4 is 5.32 Å². The summed E-state index contributed by atoms with van der Waals surface area (Å²) < 4.78 is 5.43. The molecule has 20 heavy (non-hydrogen) atoms. The number of nitrogens with one attached hydrogen (secondary N) is 1. The van der Waals surface area contributed by atoms with E-state index in [1.165, 1.54) is 5.56 Å². The Kier molecular flexibility index (Phi) is 4.45. The van der Waals surface area contributed by atoms with Gasteiger partial charge in [-0.1, -0.05) is 30.3 Å². The monoisotopic (exact) mass is 276 g/mol. The van der Waals surface area contributed by atoms with Gasteiger partial charge in [-0.2, -0.15) is 0 Å². The van der Waals surface area contributed by atoms with Crippen molar-refractivity contribution in [2.24, 2.45) is 0 Å². The van der Waals surface area contributed by atoms with Crippen LogP contribution in [0, 0.1) is 0 Å². The lowest BCUT2D eigenvalue weighted by Crippen LogP contribution is -2.45. The van der Waals surface area contributed by atoms with E-state index in [0.717, 1.165) is 6.42 Å². The van der Waals surface area contributed by atoms with Gasteiger partial charge in [-0.15, -0.1) is 0 Å². The van der Waals surface area contributed by atoms with Gasteiger partial charge < -0.3 is 9.64 Å². The van der Waals surface area contributed by atoms with Crippen molar-refractivity contribution in [1.82, 2.24) is 10.2 Å². The average molecular weight is 276 g/mol. The van der Waals surface area contributed by atoms with E-state index in [0.29, 0.717) is 6.54 Å². The van der Waals surface area contributed by atoms with E-state index in [-0.39, 0.29) is 23.7 Å². The van der Waals surface area contributed by atoms with Gasteiger partial charge in [-0.05, 0) is 32.8 Å². The normalized spacial score (nSPS) is 23.4. The number of hydrogen-bond donors (Lipinski definition) is 1. The molecule has 2 unspecified atom stereocenters. The molecule has 2 rings (SSSR count). The molecule has 4 heteroatoms. The van der Waals surface area contributed by atoms with Crippen LogP contribution >= 0.6 is 0 Å². The van der Waals surface area contributed by atoms with Crippen LogP contribution in [0.3, 0.4) is 0 Å². The Morgan fingerprint density at radius 2 is 1.95 bits per heavy atom. The smallest absolute Gasteiger partial charge is 0.241 e. The molecule has 1 heterocycles. The maximum absolute atomic E-state index is 12.5. The summed E-state index contributed by atoms with van der Waals surface area (Å²) in [5, 5.41) is 3.37. The van der Waals surface area contributed by atoms with Gasteiger partial charge in [-0.25, -0.2) is 0 Å². The van der Waals surface area contributed by atoms with E-state index in [9.17, 15) is 4.79 Å². The number of ether oxygens (including phenoxy) is 1. The molecule has 0 aromatic heterocycles. The van der Waals surface area contributed by atoms with E-state index in [2.05, 4.69) is 17.4 Å². The number of carbonyl (C=O) groups is 1. The van der Waals surface area contributed by atoms with Gasteiger partial charge in [0, 0.05) is 7.11 Å². The SMILES string of the molecule is COC(C)(C)CN1C(=O)C(Cc2ccccc2)NC1C. The molecule has 1 aliphatic rings. The molecule has 0 bridgehead atoms. The molecule has 1 aliphatic heterocycles. The Hall–Kier alpha value is -1.39. The van der Waals surface area contributed by atoms with Crippen molar-refractivity contribution in [3.05, 3.63) is 35.9 Å². The van der Waals surface area contributed by atoms with Crippen LogP contribution in [0.15, 0.2) is 30.3 Å². The summed E-state index contributed by atoms with van der Waals surface area (Å²) in [7, 11) is 1.68. The van der Waals surface area contributed by atoms with Crippen LogP contribution in [0.4, 0.5) is 0 Å². The molecule has 1 saturated heterocycles. The number of hydrogen-bond acceptors (Lipinski definition) is 3. The third-order valence-electron chi connectivity index (χ3n) is 3.88. The minimum Gasteiger partial charge on any atom is -0.377 e. The topological polar surface area (TPSA) is 41.6 Å². The molecule has 4 nitrogen and oxygen atoms in total. The van der Waals surface area contributed by atoms with Gasteiger partial charge in [0.2, 0.25) is 5.91 Å². The zero-order valence-electron chi connectivity index (χ0n) is 12.7. The molecule has 1 fully saturated rings. The molecule has 0 spiro atoms. The maximum atomic E-state index is 12.5. The first kappa shape index (κ1) is 15.0. The largest absolute Gasteiger partial charge is 0.377 e. The summed E-state index contributed by atoms with van der Waals surface area (Å²) in [4.78, 5) is 14.4. The van der Waals surface area contributed by atoms with E-state index in [4.69, 9.17) is 4.74 Å². The average Bonchev–Trinajstić information content (AvgIpc) is 2.67. The Morgan fingerprint density at radius 1 is 1.30 bits per heavy atom. The standard InChI is InChI=1S/C16H24N2O2/c1-12-17-14(10-13-8-6-5-7-9-13)15(19)18(12)11-16(2,3)20-4/h5-9,12,14,17H,10-11H2,1-4H3. The number of rotatable bonds is 5. The van der Waals surface area contributed by atoms with Crippen LogP contribution in [0.2, 0.25) is 0 Å². The molecule has 0 radical (unpaired) electrons. The first-order valence-corrected chi connectivity index (χ1v) is 7.08. The third kappa shape index (κ3) is 3.38. The number of carbonyl (C=O) groups excluding carboxylic acids is 1. The zero-order chi connectivity index (χ0) is 14.8. The summed E-state index contributed by atoms with van der Waals surface area (Å²) in [6.45, 7) is 6.62. The number of nitrogens with zero attached hydrogens (tertiary/aromatic N) is 1. The Morgan fingerprint density at radius 3 is 2.55 bits per heavy atom. The Balaban J connectivity index is 2.03. The molecule has 0 aliphatic carbocycles. The van der Waals surface area contributed by atoms with Crippen molar-refractivity contribution in [1.29, 1.82) is 0 Å². The lowest BCUT2D eigenvalue weighted by molar-refractivity contribution is -0.133. The first-order valence-electron chi connectivity index (χ1n) is 7.08. The van der Waals surface area contributed by atoms with Crippen molar-refractivity contribution in [2.45, 2.75) is 45.0 Å². The quantitative estimate of drug-likeness (QED) is 0.891. The van der Waals surface area contributed by atoms with Crippen molar-refractivity contribution in [3.63, 3.8) is 0 Å². The highest BCUT2D eigenvalue weighted by Crippen LogP contribution is 2.19. The molecule has 1 N–H and O–H groups in total. The Labute approximate surface area is 121 Å². The van der Waals surface area contributed by atoms with E-state index in [1.54, 1.807) is 7.11 Å². The molecule has 1 aromatic carbocycles. The highest BCUT2D eigenvalue weighted by atomic mass is 16.5. The Bertz CT molecular complexity index is 459. The van der Waals surface area contributed by atoms with E-state index >= 15 is 0 Å². The van der Waals surface area contributed by atoms with Gasteiger partial charge in [0.1, 0.15) is 0 Å². The summed E-state index contributed by atoms with van der Waals surface area (Å²) in [6.07, 6.45) is 0.777. The minimum atomic E-state index is -0.326. The van der Waals surface area contributed by atoms with Gasteiger partial charge in [0.25, 0.3) is 0 Å². The van der Waals surface area contributed by atoms with Crippen molar-refractivity contribution >= 4 is 5.91 Å². The number of methoxy groups -OCH3 is 1. The van der Waals surface area contributed by atoms with Crippen molar-refractivity contribution in [2.75, 3.05) is 13.7 Å². The lowest BCUT2D eigenvalue weighted by Gasteiger charge is -2.31. The number of benzene rings is 1. The lowest BCUT2D eigenvalue weighted by atomic mass is 10.1. The molecule has 1 aromatic rings. The number of amides is 1. The van der Waals surface area contributed by atoms with Crippen molar-refractivity contribution < 1.29 is 9.53 Å². The molecule has 0 saturated carbocycles. The zero-order valence-corrected chi connectivity index (χ0v) is 12.7. The molecular formula is C16H24N2O2. The summed E-state index contributed by atoms with van der Waals surface area (Å²) in [5.74, 6) is 0.159. The second-order valence-electron chi connectivity index (χ2n) is 6.01. The molecular weight excluding hydrogens is 252 g/mol. The minimum absolute atomic E-state index is 0.0469. The molecule has 110 valence electrons. The molecule has 1 amide bonds. The van der Waals surface area contributed by atoms with Crippen molar-refractivity contribution in [3.8, 4) is 0 Å². The highest BCUT2D eigenvalue weighted by Gasteiger charge is 2.38. The second-order valence-corrected chi connectivity index (χ2v) is 6.01. The fourth-order valence-electron chi connectivity index (χ4n) is 2.53. The summed E-state index contributed by atoms with van der Waals surface area (Å²) in [5.41, 5.74) is 0.853. The summed E-state index contributed by atoms with van der Waals surface area (Å²) >= 11 is 0. The van der Waals surface area contributed by atoms with Crippen LogP contribution in [0.1, 0.15) is 26.3 Å². The third-order valence-corrected chi connectivity index (χ3v) is 3.88. The predicted molar refractivity (Wildman–Crippen MR) is 79.3 cm³/mol. The van der Waals surface area contributed by atoms with E-state index in [1.807, 2.05) is 43.9 Å². The summed E-state index contributed by atoms with van der Waals surface area (Å²) in [6, 6.07) is 9.97. The van der Waals surface area contributed by atoms with Gasteiger partial charge >= 0.3 is 0 Å². The second kappa shape index (κ2) is 5.94. The van der Waals surface area contributed by atoms with Crippen LogP contribution in [-0.2, 0) is 16.0 Å². The van der Waals surface area contributed by atoms with Gasteiger partial charge in [0.05, 0.1) is 24.4 Å². The van der Waals surface area contributed by atoms with Crippen LogP contribution in [0.25, 0.3) is 0 Å². The van der Waals surface area contributed by atoms with E-state index < -0.39 is 0 Å². The first-order chi connectivity index (χ1) is 9.43. The predicted octanol–water partition coefficient (Wildman–Crippen LogP) is 1.80. The fourth-order valence-corrected chi connectivity index (χ4v) is 2.53. The highest BCUT2D eigenvalue weighted by molar-refractivity contribution is 5.84. The maximum Gasteiger partial charge on any atom is 0.241 e. The molecule has 2 atom stereocenters. The van der Waals surface area contributed by atoms with Gasteiger partial charge in [-0.3, -0.25) is 10.1 Å².